The zero-order valence-corrected chi connectivity index (χ0v) is 14.9. The quantitative estimate of drug-likeness (QED) is 0.568. The summed E-state index contributed by atoms with van der Waals surface area (Å²) in [5, 5.41) is 8.04. The van der Waals surface area contributed by atoms with Gasteiger partial charge in [-0.1, -0.05) is 42.5 Å². The van der Waals surface area contributed by atoms with Crippen LogP contribution >= 0.6 is 0 Å². The summed E-state index contributed by atoms with van der Waals surface area (Å²) in [4.78, 5) is 12.4. The SMILES string of the molecule is COc1cccc2cc(C(=O)NCCn3cc(-c4ccccc4)cn3)oc12. The monoisotopic (exact) mass is 361 g/mol. The van der Waals surface area contributed by atoms with E-state index in [1.165, 1.54) is 0 Å². The molecule has 0 saturated carbocycles. The molecule has 0 bridgehead atoms. The van der Waals surface area contributed by atoms with Crippen LogP contribution in [0.4, 0.5) is 0 Å². The van der Waals surface area contributed by atoms with E-state index >= 15 is 0 Å². The number of methoxy groups -OCH3 is 1. The minimum atomic E-state index is -0.260. The van der Waals surface area contributed by atoms with Crippen molar-refractivity contribution in [2.45, 2.75) is 6.54 Å². The Morgan fingerprint density at radius 1 is 1.15 bits per heavy atom. The standard InChI is InChI=1S/C21H19N3O3/c1-26-18-9-5-8-16-12-19(27-20(16)18)21(25)22-10-11-24-14-17(13-23-24)15-6-3-2-4-7-15/h2-9,12-14H,10-11H2,1H3,(H,22,25). The van der Waals surface area contributed by atoms with Gasteiger partial charge in [-0.25, -0.2) is 0 Å². The summed E-state index contributed by atoms with van der Waals surface area (Å²) < 4.78 is 12.7. The Hall–Kier alpha value is -3.54. The van der Waals surface area contributed by atoms with Crippen molar-refractivity contribution in [3.63, 3.8) is 0 Å². The van der Waals surface area contributed by atoms with Crippen LogP contribution in [-0.4, -0.2) is 29.3 Å². The van der Waals surface area contributed by atoms with Gasteiger partial charge in [-0.3, -0.25) is 9.48 Å². The lowest BCUT2D eigenvalue weighted by atomic mass is 10.1. The topological polar surface area (TPSA) is 69.3 Å². The van der Waals surface area contributed by atoms with Crippen LogP contribution in [0.25, 0.3) is 22.1 Å². The van der Waals surface area contributed by atoms with Crippen molar-refractivity contribution in [1.82, 2.24) is 15.1 Å². The average molecular weight is 361 g/mol. The van der Waals surface area contributed by atoms with Crippen molar-refractivity contribution in [3.8, 4) is 16.9 Å². The van der Waals surface area contributed by atoms with Gasteiger partial charge in [0, 0.05) is 23.7 Å². The number of nitrogens with zero attached hydrogens (tertiary/aromatic N) is 2. The molecular formula is C21H19N3O3. The highest BCUT2D eigenvalue weighted by atomic mass is 16.5. The van der Waals surface area contributed by atoms with Crippen LogP contribution in [0.2, 0.25) is 0 Å². The number of hydrogen-bond donors (Lipinski definition) is 1. The summed E-state index contributed by atoms with van der Waals surface area (Å²) in [7, 11) is 1.57. The molecule has 2 aromatic heterocycles. The maximum atomic E-state index is 12.4. The minimum absolute atomic E-state index is 0.260. The summed E-state index contributed by atoms with van der Waals surface area (Å²) in [6.45, 7) is 1.02. The molecule has 0 fully saturated rings. The summed E-state index contributed by atoms with van der Waals surface area (Å²) in [6.07, 6.45) is 3.79. The van der Waals surface area contributed by atoms with Crippen LogP contribution in [0, 0.1) is 0 Å². The first-order chi connectivity index (χ1) is 13.2. The molecule has 0 aliphatic rings. The first-order valence-electron chi connectivity index (χ1n) is 8.67. The number of benzene rings is 2. The summed E-state index contributed by atoms with van der Waals surface area (Å²) in [5.74, 6) is 0.611. The molecule has 4 rings (SSSR count). The molecule has 0 aliphatic carbocycles. The van der Waals surface area contributed by atoms with Gasteiger partial charge in [0.1, 0.15) is 0 Å². The molecular weight excluding hydrogens is 342 g/mol. The fourth-order valence-corrected chi connectivity index (χ4v) is 2.95. The molecule has 4 aromatic rings. The van der Waals surface area contributed by atoms with Gasteiger partial charge in [-0.05, 0) is 17.7 Å². The largest absolute Gasteiger partial charge is 0.493 e. The fraction of sp³-hybridized carbons (Fsp3) is 0.143. The third-order valence-corrected chi connectivity index (χ3v) is 4.32. The lowest BCUT2D eigenvalue weighted by Gasteiger charge is -2.03. The predicted octanol–water partition coefficient (Wildman–Crippen LogP) is 3.73. The number of para-hydroxylation sites is 1. The minimum Gasteiger partial charge on any atom is -0.493 e. The normalized spacial score (nSPS) is 10.9. The van der Waals surface area contributed by atoms with Crippen LogP contribution in [0.1, 0.15) is 10.6 Å². The third-order valence-electron chi connectivity index (χ3n) is 4.32. The maximum absolute atomic E-state index is 12.4. The van der Waals surface area contributed by atoms with Crippen molar-refractivity contribution in [3.05, 3.63) is 72.8 Å². The molecule has 136 valence electrons. The molecule has 6 nitrogen and oxygen atoms in total. The van der Waals surface area contributed by atoms with Crippen LogP contribution in [0.15, 0.2) is 71.4 Å². The Labute approximate surface area is 156 Å². The number of furan rings is 1. The number of nitrogens with one attached hydrogen (secondary N) is 1. The molecule has 0 unspecified atom stereocenters. The lowest BCUT2D eigenvalue weighted by Crippen LogP contribution is -2.26. The molecule has 1 amide bonds. The highest BCUT2D eigenvalue weighted by molar-refractivity contribution is 5.97. The van der Waals surface area contributed by atoms with Gasteiger partial charge in [0.15, 0.2) is 17.1 Å². The van der Waals surface area contributed by atoms with E-state index in [2.05, 4.69) is 10.4 Å². The van der Waals surface area contributed by atoms with E-state index in [1.807, 2.05) is 59.5 Å². The Bertz CT molecular complexity index is 1070. The van der Waals surface area contributed by atoms with E-state index in [9.17, 15) is 4.79 Å². The molecule has 1 N–H and O–H groups in total. The van der Waals surface area contributed by atoms with Crippen molar-refractivity contribution in [2.75, 3.05) is 13.7 Å². The van der Waals surface area contributed by atoms with E-state index < -0.39 is 0 Å². The molecule has 6 heteroatoms. The molecule has 0 radical (unpaired) electrons. The Kier molecular flexibility index (Phi) is 4.61. The number of carbonyl (C=O) groups is 1. The van der Waals surface area contributed by atoms with E-state index in [-0.39, 0.29) is 11.7 Å². The molecule has 0 spiro atoms. The fourth-order valence-electron chi connectivity index (χ4n) is 2.95. The zero-order valence-electron chi connectivity index (χ0n) is 14.9. The Balaban J connectivity index is 1.38. The van der Waals surface area contributed by atoms with Gasteiger partial charge in [-0.2, -0.15) is 5.10 Å². The first kappa shape index (κ1) is 16.9. The smallest absolute Gasteiger partial charge is 0.287 e. The van der Waals surface area contributed by atoms with Crippen LogP contribution in [-0.2, 0) is 6.54 Å². The number of ether oxygens (including phenoxy) is 1. The predicted molar refractivity (Wildman–Crippen MR) is 103 cm³/mol. The van der Waals surface area contributed by atoms with Gasteiger partial charge in [0.2, 0.25) is 0 Å². The van der Waals surface area contributed by atoms with Crippen molar-refractivity contribution in [2.24, 2.45) is 0 Å². The molecule has 0 aliphatic heterocycles. The van der Waals surface area contributed by atoms with E-state index in [4.69, 9.17) is 9.15 Å². The van der Waals surface area contributed by atoms with Gasteiger partial charge in [0.25, 0.3) is 5.91 Å². The highest BCUT2D eigenvalue weighted by Gasteiger charge is 2.14. The number of rotatable bonds is 6. The van der Waals surface area contributed by atoms with Crippen molar-refractivity contribution in [1.29, 1.82) is 0 Å². The number of hydrogen-bond acceptors (Lipinski definition) is 4. The molecule has 2 aromatic carbocycles. The second kappa shape index (κ2) is 7.37. The van der Waals surface area contributed by atoms with E-state index in [1.54, 1.807) is 19.2 Å². The molecule has 2 heterocycles. The molecule has 0 atom stereocenters. The summed E-state index contributed by atoms with van der Waals surface area (Å²) in [6, 6.07) is 17.3. The maximum Gasteiger partial charge on any atom is 0.287 e. The summed E-state index contributed by atoms with van der Waals surface area (Å²) in [5.41, 5.74) is 2.74. The van der Waals surface area contributed by atoms with Gasteiger partial charge < -0.3 is 14.5 Å². The van der Waals surface area contributed by atoms with Crippen LogP contribution in [0.5, 0.6) is 5.75 Å². The van der Waals surface area contributed by atoms with Gasteiger partial charge in [-0.15, -0.1) is 0 Å². The number of fused-ring (bicyclic) bond motifs is 1. The van der Waals surface area contributed by atoms with Gasteiger partial charge >= 0.3 is 0 Å². The first-order valence-corrected chi connectivity index (χ1v) is 8.67. The molecule has 0 saturated heterocycles. The van der Waals surface area contributed by atoms with E-state index in [0.29, 0.717) is 24.4 Å². The van der Waals surface area contributed by atoms with Crippen LogP contribution in [0.3, 0.4) is 0 Å². The van der Waals surface area contributed by atoms with Crippen LogP contribution < -0.4 is 10.1 Å². The number of carbonyl (C=O) groups excluding carboxylic acids is 1. The van der Waals surface area contributed by atoms with Gasteiger partial charge in [0.05, 0.1) is 19.9 Å². The zero-order chi connectivity index (χ0) is 18.6. The Morgan fingerprint density at radius 2 is 2.00 bits per heavy atom. The van der Waals surface area contributed by atoms with Crippen molar-refractivity contribution >= 4 is 16.9 Å². The third kappa shape index (κ3) is 3.55. The lowest BCUT2D eigenvalue weighted by molar-refractivity contribution is 0.0926. The number of amides is 1. The second-order valence-corrected chi connectivity index (χ2v) is 6.10. The number of aromatic nitrogens is 2. The molecule has 27 heavy (non-hydrogen) atoms. The summed E-state index contributed by atoms with van der Waals surface area (Å²) >= 11 is 0. The van der Waals surface area contributed by atoms with Crippen molar-refractivity contribution < 1.29 is 13.9 Å². The van der Waals surface area contributed by atoms with E-state index in [0.717, 1.165) is 16.5 Å². The highest BCUT2D eigenvalue weighted by Crippen LogP contribution is 2.28. The second-order valence-electron chi connectivity index (χ2n) is 6.10. The average Bonchev–Trinajstić information content (AvgIpc) is 3.35. The Morgan fingerprint density at radius 3 is 2.81 bits per heavy atom.